The Morgan fingerprint density at radius 3 is 1.70 bits per heavy atom. The van der Waals surface area contributed by atoms with Crippen LogP contribution in [0.4, 0.5) is 13.2 Å². The van der Waals surface area contributed by atoms with Crippen molar-refractivity contribution in [2.24, 2.45) is 0 Å². The second kappa shape index (κ2) is 17.3. The third kappa shape index (κ3) is 11.8. The Morgan fingerprint density at radius 2 is 1.16 bits per heavy atom. The van der Waals surface area contributed by atoms with Gasteiger partial charge in [0.1, 0.15) is 5.75 Å². The number of benzene rings is 3. The molecule has 232 valence electrons. The predicted molar refractivity (Wildman–Crippen MR) is 162 cm³/mol. The van der Waals surface area contributed by atoms with Crippen molar-refractivity contribution in [3.63, 3.8) is 0 Å². The van der Waals surface area contributed by atoms with Gasteiger partial charge in [0.15, 0.2) is 0 Å². The lowest BCUT2D eigenvalue weighted by Crippen LogP contribution is -2.25. The van der Waals surface area contributed by atoms with Crippen LogP contribution in [-0.4, -0.2) is 37.4 Å². The highest BCUT2D eigenvalue weighted by atomic mass is 19.4. The van der Waals surface area contributed by atoms with E-state index in [2.05, 4.69) is 35.9 Å². The van der Waals surface area contributed by atoms with E-state index in [1.54, 1.807) is 0 Å². The molecule has 0 aliphatic heterocycles. The zero-order chi connectivity index (χ0) is 31.1. The van der Waals surface area contributed by atoms with Crippen LogP contribution >= 0.6 is 0 Å². The Morgan fingerprint density at radius 1 is 0.674 bits per heavy atom. The van der Waals surface area contributed by atoms with Crippen molar-refractivity contribution in [2.75, 3.05) is 13.2 Å². The molecule has 3 aromatic carbocycles. The number of hydrogen-bond donors (Lipinski definition) is 0. The first kappa shape index (κ1) is 33.7. The van der Waals surface area contributed by atoms with Crippen molar-refractivity contribution in [1.82, 2.24) is 0 Å². The Labute approximate surface area is 252 Å². The van der Waals surface area contributed by atoms with Gasteiger partial charge in [-0.2, -0.15) is 13.2 Å². The summed E-state index contributed by atoms with van der Waals surface area (Å²) in [5.74, 6) is -1.69. The Hall–Kier alpha value is -3.81. The molecule has 0 bridgehead atoms. The first-order chi connectivity index (χ1) is 20.7. The van der Waals surface area contributed by atoms with Gasteiger partial charge in [0.25, 0.3) is 0 Å². The molecule has 0 radical (unpaired) electrons. The van der Waals surface area contributed by atoms with Gasteiger partial charge in [-0.25, -0.2) is 9.59 Å². The normalized spacial score (nSPS) is 12.0. The summed E-state index contributed by atoms with van der Waals surface area (Å²) in [5, 5.41) is 0. The summed E-state index contributed by atoms with van der Waals surface area (Å²) in [7, 11) is 0. The van der Waals surface area contributed by atoms with Gasteiger partial charge in [0.05, 0.1) is 24.9 Å². The number of esters is 2. The number of alkyl halides is 3. The summed E-state index contributed by atoms with van der Waals surface area (Å²) in [6.45, 7) is 4.39. The minimum Gasteiger partial charge on any atom is -0.494 e. The van der Waals surface area contributed by atoms with Crippen LogP contribution in [0, 0.1) is 0 Å². The lowest BCUT2D eigenvalue weighted by Gasteiger charge is -2.13. The number of ether oxygens (including phenoxy) is 3. The maximum Gasteiger partial charge on any atom is 0.490 e. The van der Waals surface area contributed by atoms with Gasteiger partial charge in [-0.05, 0) is 92.0 Å². The number of hydrogen-bond acceptors (Lipinski definition) is 5. The van der Waals surface area contributed by atoms with Gasteiger partial charge >= 0.3 is 18.1 Å². The van der Waals surface area contributed by atoms with Crippen LogP contribution in [0.25, 0.3) is 22.3 Å². The summed E-state index contributed by atoms with van der Waals surface area (Å²) in [5.41, 5.74) is 4.73. The van der Waals surface area contributed by atoms with Crippen molar-refractivity contribution in [3.05, 3.63) is 78.4 Å². The van der Waals surface area contributed by atoms with Crippen LogP contribution < -0.4 is 4.74 Å². The summed E-state index contributed by atoms with van der Waals surface area (Å²) in [4.78, 5) is 23.2. The molecule has 0 aliphatic rings. The van der Waals surface area contributed by atoms with Crippen LogP contribution in [0.2, 0.25) is 0 Å². The van der Waals surface area contributed by atoms with Crippen molar-refractivity contribution in [2.45, 2.75) is 83.9 Å². The minimum absolute atomic E-state index is 0.0903. The van der Waals surface area contributed by atoms with Gasteiger partial charge in [-0.3, -0.25) is 0 Å². The predicted octanol–water partition coefficient (Wildman–Crippen LogP) is 9.58. The second-order valence-electron chi connectivity index (χ2n) is 10.6. The lowest BCUT2D eigenvalue weighted by molar-refractivity contribution is -0.199. The number of unbranched alkanes of at least 4 members (excludes halogenated alkanes) is 6. The summed E-state index contributed by atoms with van der Waals surface area (Å²) in [6.07, 6.45) is 3.03. The molecule has 0 spiro atoms. The third-order valence-corrected chi connectivity index (χ3v) is 7.07. The maximum absolute atomic E-state index is 12.5. The van der Waals surface area contributed by atoms with Crippen LogP contribution in [0.5, 0.6) is 5.75 Å². The molecule has 0 saturated heterocycles. The smallest absolute Gasteiger partial charge is 0.490 e. The van der Waals surface area contributed by atoms with Crippen LogP contribution in [0.3, 0.4) is 0 Å². The average Bonchev–Trinajstić information content (AvgIpc) is 3.00. The average molecular weight is 599 g/mol. The molecule has 0 fully saturated rings. The molecule has 43 heavy (non-hydrogen) atoms. The summed E-state index contributed by atoms with van der Waals surface area (Å²) in [6, 6.07) is 23.5. The van der Waals surface area contributed by atoms with Crippen molar-refractivity contribution in [1.29, 1.82) is 0 Å². The van der Waals surface area contributed by atoms with Crippen LogP contribution in [0.15, 0.2) is 72.8 Å². The highest BCUT2D eigenvalue weighted by molar-refractivity contribution is 5.90. The second-order valence-corrected chi connectivity index (χ2v) is 10.6. The molecule has 8 heteroatoms. The van der Waals surface area contributed by atoms with E-state index in [1.807, 2.05) is 55.5 Å². The molecule has 0 N–H and O–H groups in total. The molecular weight excluding hydrogens is 557 g/mol. The zero-order valence-electron chi connectivity index (χ0n) is 25.0. The monoisotopic (exact) mass is 598 g/mol. The topological polar surface area (TPSA) is 61.8 Å². The fourth-order valence-corrected chi connectivity index (χ4v) is 4.56. The van der Waals surface area contributed by atoms with Gasteiger partial charge < -0.3 is 14.2 Å². The molecule has 0 aliphatic carbocycles. The lowest BCUT2D eigenvalue weighted by atomic mass is 9.99. The Kier molecular flexibility index (Phi) is 13.6. The van der Waals surface area contributed by atoms with Crippen molar-refractivity contribution in [3.8, 4) is 28.0 Å². The van der Waals surface area contributed by atoms with E-state index >= 15 is 0 Å². The van der Waals surface area contributed by atoms with Crippen molar-refractivity contribution >= 4 is 11.9 Å². The van der Waals surface area contributed by atoms with E-state index < -0.39 is 12.1 Å². The largest absolute Gasteiger partial charge is 0.494 e. The number of carbonyl (C=O) groups excluding carboxylic acids is 2. The molecular formula is C35H41F3O5. The SMILES string of the molecule is CCCCCC[C@H](C)OC(=O)c1ccc(-c2ccc(-c3ccc(OCCCCCCOC(=O)C(F)(F)F)cc3)cc2)cc1. The molecule has 3 rings (SSSR count). The van der Waals surface area contributed by atoms with E-state index in [-0.39, 0.29) is 18.7 Å². The minimum atomic E-state index is -4.94. The number of rotatable bonds is 17. The first-order valence-corrected chi connectivity index (χ1v) is 15.1. The van der Waals surface area contributed by atoms with Gasteiger partial charge in [0.2, 0.25) is 0 Å². The molecule has 3 aromatic rings. The fourth-order valence-electron chi connectivity index (χ4n) is 4.56. The summed E-state index contributed by atoms with van der Waals surface area (Å²) < 4.78 is 51.8. The Balaban J connectivity index is 1.40. The zero-order valence-corrected chi connectivity index (χ0v) is 25.0. The van der Waals surface area contributed by atoms with Gasteiger partial charge in [-0.1, -0.05) is 74.7 Å². The standard InChI is InChI=1S/C35H41F3O5/c1-3-4-5-8-11-26(2)43-33(39)31-18-16-29(17-19-31)27-12-14-28(15-13-27)30-20-22-32(23-21-30)41-24-9-6-7-10-25-42-34(40)35(36,37)38/h12-23,26H,3-11,24-25H2,1-2H3/t26-/m0/s1. The van der Waals surface area contributed by atoms with E-state index in [4.69, 9.17) is 9.47 Å². The molecule has 0 heterocycles. The number of carbonyl (C=O) groups is 2. The number of halogens is 3. The van der Waals surface area contributed by atoms with Gasteiger partial charge in [-0.15, -0.1) is 0 Å². The molecule has 0 aromatic heterocycles. The molecule has 0 saturated carbocycles. The van der Waals surface area contributed by atoms with E-state index in [0.717, 1.165) is 53.7 Å². The van der Waals surface area contributed by atoms with E-state index in [9.17, 15) is 22.8 Å². The molecule has 5 nitrogen and oxygen atoms in total. The maximum atomic E-state index is 12.5. The van der Waals surface area contributed by atoms with Crippen molar-refractivity contribution < 1.29 is 37.0 Å². The molecule has 0 unspecified atom stereocenters. The molecule has 0 amide bonds. The first-order valence-electron chi connectivity index (χ1n) is 15.1. The quantitative estimate of drug-likeness (QED) is 0.114. The third-order valence-electron chi connectivity index (χ3n) is 7.07. The fraction of sp³-hybridized carbons (Fsp3) is 0.429. The Bertz CT molecular complexity index is 1250. The molecule has 1 atom stereocenters. The van der Waals surface area contributed by atoms with Crippen LogP contribution in [0.1, 0.15) is 82.0 Å². The van der Waals surface area contributed by atoms with Crippen LogP contribution in [-0.2, 0) is 14.3 Å². The van der Waals surface area contributed by atoms with E-state index in [1.165, 1.54) is 19.3 Å². The van der Waals surface area contributed by atoms with E-state index in [0.29, 0.717) is 25.0 Å². The van der Waals surface area contributed by atoms with Gasteiger partial charge in [0, 0.05) is 0 Å². The highest BCUT2D eigenvalue weighted by Crippen LogP contribution is 2.27. The summed E-state index contributed by atoms with van der Waals surface area (Å²) >= 11 is 0. The highest BCUT2D eigenvalue weighted by Gasteiger charge is 2.40.